The van der Waals surface area contributed by atoms with Crippen molar-refractivity contribution in [1.29, 1.82) is 5.26 Å². The quantitative estimate of drug-likeness (QED) is 0.680. The summed E-state index contributed by atoms with van der Waals surface area (Å²) in [7, 11) is 0. The Morgan fingerprint density at radius 3 is 2.53 bits per heavy atom. The molecule has 2 unspecified atom stereocenters. The maximum Gasteiger partial charge on any atom is 0.0992 e. The summed E-state index contributed by atoms with van der Waals surface area (Å²) in [6, 6.07) is 9.21. The molecule has 1 aliphatic rings. The molecule has 1 aromatic carbocycles. The van der Waals surface area contributed by atoms with E-state index in [1.165, 1.54) is 0 Å². The molecule has 0 amide bonds. The predicted octanol–water partition coefficient (Wildman–Crippen LogP) is 0.100. The van der Waals surface area contributed by atoms with Crippen molar-refractivity contribution in [2.24, 2.45) is 0 Å². The molecule has 0 spiro atoms. The molecule has 0 bridgehead atoms. The lowest BCUT2D eigenvalue weighted by molar-refractivity contribution is 0.0572. The summed E-state index contributed by atoms with van der Waals surface area (Å²) in [6.45, 7) is 0.825. The lowest BCUT2D eigenvalue weighted by Gasteiger charge is -2.17. The Labute approximate surface area is 88.0 Å². The third kappa shape index (κ3) is 1.94. The number of aliphatic hydroxyl groups is 2. The van der Waals surface area contributed by atoms with Crippen molar-refractivity contribution in [3.8, 4) is 6.07 Å². The molecule has 1 aromatic rings. The number of hydrogen-bond donors (Lipinski definition) is 2. The number of rotatable bonds is 1. The highest BCUT2D eigenvalue weighted by molar-refractivity contribution is 5.52. The maximum absolute atomic E-state index is 9.40. The van der Waals surface area contributed by atoms with Crippen LogP contribution in [0.5, 0.6) is 0 Å². The minimum Gasteiger partial charge on any atom is -0.389 e. The molecule has 4 heteroatoms. The van der Waals surface area contributed by atoms with Gasteiger partial charge < -0.3 is 15.1 Å². The van der Waals surface area contributed by atoms with E-state index in [0.29, 0.717) is 18.7 Å². The molecule has 0 aromatic heterocycles. The normalized spacial score (nSPS) is 25.3. The SMILES string of the molecule is N#Cc1cccc(N2CC(O)C(O)C2)c1. The molecule has 0 radical (unpaired) electrons. The summed E-state index contributed by atoms with van der Waals surface area (Å²) in [6.07, 6.45) is -1.40. The zero-order valence-corrected chi connectivity index (χ0v) is 8.17. The Morgan fingerprint density at radius 2 is 1.93 bits per heavy atom. The van der Waals surface area contributed by atoms with Crippen molar-refractivity contribution >= 4 is 5.69 Å². The van der Waals surface area contributed by atoms with Crippen LogP contribution in [0.1, 0.15) is 5.56 Å². The van der Waals surface area contributed by atoms with Gasteiger partial charge in [-0.15, -0.1) is 0 Å². The second kappa shape index (κ2) is 3.89. The smallest absolute Gasteiger partial charge is 0.0992 e. The number of nitriles is 1. The lowest BCUT2D eigenvalue weighted by atomic mass is 10.2. The molecule has 15 heavy (non-hydrogen) atoms. The fourth-order valence-electron chi connectivity index (χ4n) is 1.75. The van der Waals surface area contributed by atoms with Gasteiger partial charge in [0.25, 0.3) is 0 Å². The van der Waals surface area contributed by atoms with Crippen molar-refractivity contribution in [1.82, 2.24) is 0 Å². The van der Waals surface area contributed by atoms with Crippen molar-refractivity contribution in [3.63, 3.8) is 0 Å². The second-order valence-electron chi connectivity index (χ2n) is 3.70. The average Bonchev–Trinajstić information content (AvgIpc) is 2.59. The summed E-state index contributed by atoms with van der Waals surface area (Å²) in [5, 5.41) is 27.5. The van der Waals surface area contributed by atoms with E-state index in [-0.39, 0.29) is 0 Å². The third-order valence-electron chi connectivity index (χ3n) is 2.60. The van der Waals surface area contributed by atoms with Crippen LogP contribution in [-0.2, 0) is 0 Å². The van der Waals surface area contributed by atoms with E-state index in [1.54, 1.807) is 18.2 Å². The van der Waals surface area contributed by atoms with Gasteiger partial charge in [-0.2, -0.15) is 5.26 Å². The fourth-order valence-corrected chi connectivity index (χ4v) is 1.75. The van der Waals surface area contributed by atoms with Gasteiger partial charge >= 0.3 is 0 Å². The summed E-state index contributed by atoms with van der Waals surface area (Å²) in [5.74, 6) is 0. The van der Waals surface area contributed by atoms with E-state index in [9.17, 15) is 10.2 Å². The molecule has 78 valence electrons. The summed E-state index contributed by atoms with van der Waals surface area (Å²) in [5.41, 5.74) is 1.45. The largest absolute Gasteiger partial charge is 0.389 e. The van der Waals surface area contributed by atoms with Crippen LogP contribution in [0.15, 0.2) is 24.3 Å². The lowest BCUT2D eigenvalue weighted by Crippen LogP contribution is -2.22. The summed E-state index contributed by atoms with van der Waals surface area (Å²) >= 11 is 0. The third-order valence-corrected chi connectivity index (χ3v) is 2.60. The molecule has 0 aliphatic carbocycles. The molecule has 2 rings (SSSR count). The molecule has 4 nitrogen and oxygen atoms in total. The Kier molecular flexibility index (Phi) is 2.58. The van der Waals surface area contributed by atoms with E-state index >= 15 is 0 Å². The first-order valence-corrected chi connectivity index (χ1v) is 4.82. The van der Waals surface area contributed by atoms with E-state index in [4.69, 9.17) is 5.26 Å². The molecule has 0 saturated carbocycles. The molecule has 1 fully saturated rings. The molecule has 1 aliphatic heterocycles. The predicted molar refractivity (Wildman–Crippen MR) is 55.4 cm³/mol. The van der Waals surface area contributed by atoms with Crippen molar-refractivity contribution in [2.45, 2.75) is 12.2 Å². The van der Waals surface area contributed by atoms with Gasteiger partial charge in [0.1, 0.15) is 0 Å². The first-order valence-electron chi connectivity index (χ1n) is 4.82. The molecule has 2 atom stereocenters. The van der Waals surface area contributed by atoms with Gasteiger partial charge in [-0.25, -0.2) is 0 Å². The fraction of sp³-hybridized carbons (Fsp3) is 0.364. The van der Waals surface area contributed by atoms with Gasteiger partial charge in [0.05, 0.1) is 23.8 Å². The number of nitrogens with zero attached hydrogens (tertiary/aromatic N) is 2. The van der Waals surface area contributed by atoms with Gasteiger partial charge in [-0.05, 0) is 18.2 Å². The Hall–Kier alpha value is -1.57. The first-order chi connectivity index (χ1) is 7.20. The van der Waals surface area contributed by atoms with Crippen LogP contribution in [0.4, 0.5) is 5.69 Å². The molecule has 1 heterocycles. The summed E-state index contributed by atoms with van der Waals surface area (Å²) in [4.78, 5) is 1.87. The monoisotopic (exact) mass is 204 g/mol. The summed E-state index contributed by atoms with van der Waals surface area (Å²) < 4.78 is 0. The van der Waals surface area contributed by atoms with Gasteiger partial charge in [0.15, 0.2) is 0 Å². The zero-order valence-electron chi connectivity index (χ0n) is 8.17. The number of β-amino-alcohol motifs (C(OH)–C–C–N with tert-alkyl or cyclic N) is 2. The minimum atomic E-state index is -0.698. The maximum atomic E-state index is 9.40. The average molecular weight is 204 g/mol. The van der Waals surface area contributed by atoms with Crippen LogP contribution in [0.2, 0.25) is 0 Å². The number of aliphatic hydroxyl groups excluding tert-OH is 2. The van der Waals surface area contributed by atoms with E-state index in [1.807, 2.05) is 11.0 Å². The van der Waals surface area contributed by atoms with Crippen LogP contribution in [0, 0.1) is 11.3 Å². The number of hydrogen-bond acceptors (Lipinski definition) is 4. The van der Waals surface area contributed by atoms with E-state index < -0.39 is 12.2 Å². The van der Waals surface area contributed by atoms with Crippen LogP contribution in [0.3, 0.4) is 0 Å². The van der Waals surface area contributed by atoms with Crippen LogP contribution in [0.25, 0.3) is 0 Å². The van der Waals surface area contributed by atoms with Gasteiger partial charge in [-0.1, -0.05) is 6.07 Å². The second-order valence-corrected chi connectivity index (χ2v) is 3.70. The minimum absolute atomic E-state index is 0.413. The highest BCUT2D eigenvalue weighted by Crippen LogP contribution is 2.21. The highest BCUT2D eigenvalue weighted by Gasteiger charge is 2.29. The van der Waals surface area contributed by atoms with Crippen LogP contribution >= 0.6 is 0 Å². The standard InChI is InChI=1S/C11H12N2O2/c12-5-8-2-1-3-9(4-8)13-6-10(14)11(15)7-13/h1-4,10-11,14-15H,6-7H2. The molecule has 1 saturated heterocycles. The molecule has 2 N–H and O–H groups in total. The van der Waals surface area contributed by atoms with Gasteiger partial charge in [0.2, 0.25) is 0 Å². The number of anilines is 1. The Balaban J connectivity index is 2.21. The zero-order chi connectivity index (χ0) is 10.8. The van der Waals surface area contributed by atoms with Crippen molar-refractivity contribution < 1.29 is 10.2 Å². The van der Waals surface area contributed by atoms with Crippen molar-refractivity contribution in [2.75, 3.05) is 18.0 Å². The van der Waals surface area contributed by atoms with Gasteiger partial charge in [0, 0.05) is 18.8 Å². The molecular weight excluding hydrogens is 192 g/mol. The van der Waals surface area contributed by atoms with E-state index in [2.05, 4.69) is 6.07 Å². The molecular formula is C11H12N2O2. The topological polar surface area (TPSA) is 67.5 Å². The highest BCUT2D eigenvalue weighted by atomic mass is 16.3. The van der Waals surface area contributed by atoms with Crippen molar-refractivity contribution in [3.05, 3.63) is 29.8 Å². The number of benzene rings is 1. The van der Waals surface area contributed by atoms with E-state index in [0.717, 1.165) is 5.69 Å². The Morgan fingerprint density at radius 1 is 1.27 bits per heavy atom. The van der Waals surface area contributed by atoms with Crippen LogP contribution in [-0.4, -0.2) is 35.5 Å². The van der Waals surface area contributed by atoms with Gasteiger partial charge in [-0.3, -0.25) is 0 Å². The van der Waals surface area contributed by atoms with Crippen LogP contribution < -0.4 is 4.90 Å². The first kappa shape index (κ1) is 9.97. The Bertz CT molecular complexity index is 390.